The summed E-state index contributed by atoms with van der Waals surface area (Å²) in [5.41, 5.74) is 9.90. The van der Waals surface area contributed by atoms with Crippen molar-refractivity contribution in [2.45, 2.75) is 73.1 Å². The molecule has 3 unspecified atom stereocenters. The average molecular weight is 449 g/mol. The van der Waals surface area contributed by atoms with Crippen LogP contribution in [0.5, 0.6) is 0 Å². The zero-order chi connectivity index (χ0) is 24.5. The highest BCUT2D eigenvalue weighted by Gasteiger charge is 2.47. The van der Waals surface area contributed by atoms with Crippen LogP contribution >= 0.6 is 0 Å². The monoisotopic (exact) mass is 448 g/mol. The average Bonchev–Trinajstić information content (AvgIpc) is 3.37. The molecular weight excluding hydrogens is 408 g/mol. The van der Waals surface area contributed by atoms with Crippen molar-refractivity contribution in [1.82, 2.24) is 0 Å². The molecule has 0 amide bonds. The molecule has 2 aliphatic carbocycles. The first kappa shape index (κ1) is 24.3. The van der Waals surface area contributed by atoms with Crippen LogP contribution in [-0.2, 0) is 0 Å². The van der Waals surface area contributed by atoms with Crippen LogP contribution in [0, 0.1) is 42.9 Å². The number of benzene rings is 3. The molecule has 0 radical (unpaired) electrons. The van der Waals surface area contributed by atoms with Crippen molar-refractivity contribution in [3.05, 3.63) is 94.5 Å². The van der Waals surface area contributed by atoms with Gasteiger partial charge < -0.3 is 0 Å². The van der Waals surface area contributed by atoms with Crippen LogP contribution in [-0.4, -0.2) is 0 Å². The van der Waals surface area contributed by atoms with Gasteiger partial charge in [0.1, 0.15) is 0 Å². The first-order valence-corrected chi connectivity index (χ1v) is 12.9. The number of rotatable bonds is 2. The first-order chi connectivity index (χ1) is 16.2. The fourth-order valence-electron chi connectivity index (χ4n) is 6.08. The Balaban J connectivity index is 0.000000165. The van der Waals surface area contributed by atoms with Crippen molar-refractivity contribution < 1.29 is 0 Å². The second-order valence-electron chi connectivity index (χ2n) is 11.6. The third-order valence-corrected chi connectivity index (χ3v) is 7.54. The molecule has 1 fully saturated rings. The highest BCUT2D eigenvalue weighted by Crippen LogP contribution is 2.60. The van der Waals surface area contributed by atoms with Crippen LogP contribution in [0.25, 0.3) is 11.1 Å². The molecule has 2 bridgehead atoms. The van der Waals surface area contributed by atoms with E-state index in [-0.39, 0.29) is 5.41 Å². The van der Waals surface area contributed by atoms with Crippen molar-refractivity contribution >= 4 is 0 Å². The fourth-order valence-corrected chi connectivity index (χ4v) is 6.08. The number of hydrogen-bond acceptors (Lipinski definition) is 0. The molecule has 0 nitrogen and oxygen atoms in total. The largest absolute Gasteiger partial charge is 0.0920 e. The summed E-state index contributed by atoms with van der Waals surface area (Å²) < 4.78 is 0. The fraction of sp³-hybridized carbons (Fsp3) is 0.412. The maximum absolute atomic E-state index is 3.26. The third-order valence-electron chi connectivity index (χ3n) is 7.54. The van der Waals surface area contributed by atoms with E-state index < -0.39 is 0 Å². The van der Waals surface area contributed by atoms with Crippen molar-refractivity contribution in [2.75, 3.05) is 0 Å². The topological polar surface area (TPSA) is 0 Å². The maximum Gasteiger partial charge on any atom is 0.0245 e. The van der Waals surface area contributed by atoms with Crippen LogP contribution in [0.2, 0.25) is 0 Å². The van der Waals surface area contributed by atoms with Gasteiger partial charge in [-0.1, -0.05) is 80.3 Å². The minimum absolute atomic E-state index is 0.0503. The van der Waals surface area contributed by atoms with Gasteiger partial charge in [-0.05, 0) is 117 Å². The van der Waals surface area contributed by atoms with Gasteiger partial charge in [-0.3, -0.25) is 0 Å². The minimum Gasteiger partial charge on any atom is -0.0920 e. The molecule has 0 spiro atoms. The van der Waals surface area contributed by atoms with Gasteiger partial charge in [-0.15, -0.1) is 0 Å². The van der Waals surface area contributed by atoms with Crippen LogP contribution in [0.4, 0.5) is 0 Å². The standard InChI is InChI=1S/C19H20.C15H20/c1-15-7-5-6-8-18(15)17-11-9-16(10-12-17)13-14-19(2,3)4;1-9(2)14-12-7-8-13(14)15-10(3)5-4-6-11(12)15/h5-12H,1-4H3;4-6,9,12-14H,7-8H2,1-3H3. The Labute approximate surface area is 207 Å². The lowest BCUT2D eigenvalue weighted by atomic mass is 9.84. The van der Waals surface area contributed by atoms with E-state index in [1.807, 2.05) is 0 Å². The molecule has 0 aromatic heterocycles. The van der Waals surface area contributed by atoms with Crippen molar-refractivity contribution in [3.63, 3.8) is 0 Å². The Hall–Kier alpha value is -2.78. The van der Waals surface area contributed by atoms with Gasteiger partial charge in [0, 0.05) is 11.0 Å². The molecule has 3 atom stereocenters. The van der Waals surface area contributed by atoms with E-state index in [2.05, 4.69) is 127 Å². The molecule has 176 valence electrons. The Bertz CT molecular complexity index is 1190. The van der Waals surface area contributed by atoms with Gasteiger partial charge in [-0.25, -0.2) is 0 Å². The summed E-state index contributed by atoms with van der Waals surface area (Å²) in [6, 6.07) is 23.8. The highest BCUT2D eigenvalue weighted by molar-refractivity contribution is 5.67. The van der Waals surface area contributed by atoms with E-state index in [4.69, 9.17) is 0 Å². The summed E-state index contributed by atoms with van der Waals surface area (Å²) >= 11 is 0. The summed E-state index contributed by atoms with van der Waals surface area (Å²) in [5, 5.41) is 0. The van der Waals surface area contributed by atoms with E-state index >= 15 is 0 Å². The minimum atomic E-state index is 0.0503. The molecule has 34 heavy (non-hydrogen) atoms. The van der Waals surface area contributed by atoms with E-state index in [1.165, 1.54) is 35.1 Å². The maximum atomic E-state index is 3.26. The normalized spacial score (nSPS) is 20.3. The second kappa shape index (κ2) is 9.84. The van der Waals surface area contributed by atoms with Crippen LogP contribution < -0.4 is 0 Å². The van der Waals surface area contributed by atoms with E-state index in [0.717, 1.165) is 29.2 Å². The van der Waals surface area contributed by atoms with Gasteiger partial charge in [0.2, 0.25) is 0 Å². The number of aryl methyl sites for hydroxylation is 2. The zero-order valence-electron chi connectivity index (χ0n) is 22.1. The summed E-state index contributed by atoms with van der Waals surface area (Å²) in [6.45, 7) is 15.6. The summed E-state index contributed by atoms with van der Waals surface area (Å²) in [4.78, 5) is 0. The smallest absolute Gasteiger partial charge is 0.0245 e. The SMILES string of the molecule is Cc1cccc2c1C1CCC2C1C(C)C.Cc1ccccc1-c1ccc(C#CC(C)(C)C)cc1. The molecule has 1 saturated carbocycles. The summed E-state index contributed by atoms with van der Waals surface area (Å²) in [7, 11) is 0. The highest BCUT2D eigenvalue weighted by atomic mass is 14.5. The van der Waals surface area contributed by atoms with Crippen molar-refractivity contribution in [3.8, 4) is 23.0 Å². The molecule has 0 aliphatic heterocycles. The Kier molecular flexibility index (Phi) is 7.04. The molecule has 3 aromatic rings. The van der Waals surface area contributed by atoms with Crippen molar-refractivity contribution in [2.24, 2.45) is 17.3 Å². The molecule has 2 aliphatic rings. The lowest BCUT2D eigenvalue weighted by Crippen LogP contribution is -2.11. The molecule has 0 heteroatoms. The predicted molar refractivity (Wildman–Crippen MR) is 147 cm³/mol. The Morgan fingerprint density at radius 3 is 2.03 bits per heavy atom. The molecule has 0 saturated heterocycles. The molecule has 0 heterocycles. The van der Waals surface area contributed by atoms with Crippen LogP contribution in [0.3, 0.4) is 0 Å². The van der Waals surface area contributed by atoms with Gasteiger partial charge >= 0.3 is 0 Å². The molecular formula is C34H40. The van der Waals surface area contributed by atoms with Crippen LogP contribution in [0.1, 0.15) is 87.1 Å². The first-order valence-electron chi connectivity index (χ1n) is 12.9. The molecule has 5 rings (SSSR count). The lowest BCUT2D eigenvalue weighted by molar-refractivity contribution is 0.352. The van der Waals surface area contributed by atoms with Gasteiger partial charge in [0.15, 0.2) is 0 Å². The molecule has 0 N–H and O–H groups in total. The van der Waals surface area contributed by atoms with E-state index in [9.17, 15) is 0 Å². The zero-order valence-corrected chi connectivity index (χ0v) is 22.1. The number of fused-ring (bicyclic) bond motifs is 5. The lowest BCUT2D eigenvalue weighted by Gasteiger charge is -2.20. The third kappa shape index (κ3) is 5.15. The summed E-state index contributed by atoms with van der Waals surface area (Å²) in [5.74, 6) is 10.0. The summed E-state index contributed by atoms with van der Waals surface area (Å²) in [6.07, 6.45) is 2.87. The van der Waals surface area contributed by atoms with Crippen molar-refractivity contribution in [1.29, 1.82) is 0 Å². The van der Waals surface area contributed by atoms with E-state index in [1.54, 1.807) is 11.1 Å². The number of hydrogen-bond donors (Lipinski definition) is 0. The van der Waals surface area contributed by atoms with Gasteiger partial charge in [0.25, 0.3) is 0 Å². The van der Waals surface area contributed by atoms with Crippen LogP contribution in [0.15, 0.2) is 66.7 Å². The Morgan fingerprint density at radius 2 is 1.41 bits per heavy atom. The predicted octanol–water partition coefficient (Wildman–Crippen LogP) is 9.30. The Morgan fingerprint density at radius 1 is 0.765 bits per heavy atom. The quantitative estimate of drug-likeness (QED) is 0.343. The second-order valence-corrected chi connectivity index (χ2v) is 11.6. The van der Waals surface area contributed by atoms with Gasteiger partial charge in [0.05, 0.1) is 0 Å². The van der Waals surface area contributed by atoms with Gasteiger partial charge in [-0.2, -0.15) is 0 Å². The molecule has 3 aromatic carbocycles. The van der Waals surface area contributed by atoms with E-state index in [0.29, 0.717) is 0 Å².